The molecule has 0 bridgehead atoms. The van der Waals surface area contributed by atoms with Crippen LogP contribution in [0.1, 0.15) is 45.4 Å². The highest BCUT2D eigenvalue weighted by atomic mass is 16.6. The highest BCUT2D eigenvalue weighted by molar-refractivity contribution is 5.80. The maximum atomic E-state index is 11.8. The van der Waals surface area contributed by atoms with Crippen molar-refractivity contribution in [2.75, 3.05) is 13.2 Å². The minimum absolute atomic E-state index is 0.0693. The Bertz CT molecular complexity index is 291. The molecule has 4 heteroatoms. The molecule has 1 saturated heterocycles. The fourth-order valence-corrected chi connectivity index (χ4v) is 2.94. The molecule has 2 rings (SSSR count). The normalized spacial score (nSPS) is 23.8. The maximum absolute atomic E-state index is 11.8. The topological polar surface area (TPSA) is 46.6 Å². The number of ketones is 1. The van der Waals surface area contributed by atoms with Crippen LogP contribution in [-0.4, -0.2) is 35.5 Å². The van der Waals surface area contributed by atoms with Gasteiger partial charge in [-0.3, -0.25) is 4.79 Å². The Morgan fingerprint density at radius 2 is 2.06 bits per heavy atom. The van der Waals surface area contributed by atoms with Crippen LogP contribution in [0.2, 0.25) is 0 Å². The Hall–Kier alpha value is -1.06. The van der Waals surface area contributed by atoms with Gasteiger partial charge in [0.1, 0.15) is 5.78 Å². The smallest absolute Gasteiger partial charge is 0.410 e. The molecule has 90 valence electrons. The molecule has 0 aromatic carbocycles. The Labute approximate surface area is 95.9 Å². The van der Waals surface area contributed by atoms with Crippen LogP contribution in [-0.2, 0) is 9.53 Å². The average Bonchev–Trinajstić information content (AvgIpc) is 2.67. The quantitative estimate of drug-likeness (QED) is 0.686. The fraction of sp³-hybridized carbons (Fsp3) is 0.833. The van der Waals surface area contributed by atoms with Gasteiger partial charge in [-0.05, 0) is 32.6 Å². The summed E-state index contributed by atoms with van der Waals surface area (Å²) in [6.07, 6.45) is 4.75. The second kappa shape index (κ2) is 4.44. The van der Waals surface area contributed by atoms with E-state index in [4.69, 9.17) is 4.74 Å². The average molecular weight is 225 g/mol. The molecule has 1 heterocycles. The highest BCUT2D eigenvalue weighted by Gasteiger charge is 2.46. The SMILES string of the molecule is CCOC(=O)N1CCCC12CCC(=O)CC2. The number of carbonyl (C=O) groups is 2. The predicted octanol–water partition coefficient (Wildman–Crippen LogP) is 2.12. The first-order chi connectivity index (χ1) is 7.68. The van der Waals surface area contributed by atoms with Crippen molar-refractivity contribution in [1.29, 1.82) is 0 Å². The molecule has 0 aromatic rings. The fourth-order valence-electron chi connectivity index (χ4n) is 2.94. The molecule has 0 aromatic heterocycles. The zero-order valence-electron chi connectivity index (χ0n) is 9.83. The Kier molecular flexibility index (Phi) is 3.17. The molecule has 0 atom stereocenters. The van der Waals surface area contributed by atoms with E-state index in [1.165, 1.54) is 0 Å². The standard InChI is InChI=1S/C12H19NO3/c1-2-16-11(15)13-9-3-6-12(13)7-4-10(14)5-8-12/h2-9H2,1H3. The summed E-state index contributed by atoms with van der Waals surface area (Å²) in [4.78, 5) is 25.0. The van der Waals surface area contributed by atoms with Crippen LogP contribution in [0.5, 0.6) is 0 Å². The third-order valence-corrected chi connectivity index (χ3v) is 3.82. The van der Waals surface area contributed by atoms with Gasteiger partial charge in [-0.25, -0.2) is 4.79 Å². The van der Waals surface area contributed by atoms with Crippen molar-refractivity contribution in [2.24, 2.45) is 0 Å². The van der Waals surface area contributed by atoms with Crippen molar-refractivity contribution in [1.82, 2.24) is 4.90 Å². The molecule has 1 saturated carbocycles. The third-order valence-electron chi connectivity index (χ3n) is 3.82. The summed E-state index contributed by atoms with van der Waals surface area (Å²) < 4.78 is 5.08. The van der Waals surface area contributed by atoms with Crippen LogP contribution in [0.15, 0.2) is 0 Å². The molecule has 1 amide bonds. The molecule has 1 spiro atoms. The number of nitrogens with zero attached hydrogens (tertiary/aromatic N) is 1. The third kappa shape index (κ3) is 1.93. The molecule has 1 aliphatic carbocycles. The molecule has 16 heavy (non-hydrogen) atoms. The van der Waals surface area contributed by atoms with E-state index >= 15 is 0 Å². The lowest BCUT2D eigenvalue weighted by atomic mass is 9.79. The summed E-state index contributed by atoms with van der Waals surface area (Å²) in [5.74, 6) is 0.335. The highest BCUT2D eigenvalue weighted by Crippen LogP contribution is 2.40. The zero-order valence-corrected chi connectivity index (χ0v) is 9.83. The number of likely N-dealkylation sites (tertiary alicyclic amines) is 1. The number of hydrogen-bond donors (Lipinski definition) is 0. The van der Waals surface area contributed by atoms with Gasteiger partial charge in [-0.15, -0.1) is 0 Å². The molecule has 0 unspecified atom stereocenters. The number of ether oxygens (including phenoxy) is 1. The molecule has 2 aliphatic rings. The number of carbonyl (C=O) groups excluding carboxylic acids is 2. The lowest BCUT2D eigenvalue weighted by molar-refractivity contribution is -0.122. The maximum Gasteiger partial charge on any atom is 0.410 e. The number of Topliss-reactive ketones (excluding diaryl/α,β-unsaturated/α-hetero) is 1. The van der Waals surface area contributed by atoms with Gasteiger partial charge in [0.05, 0.1) is 6.61 Å². The van der Waals surface area contributed by atoms with Crippen molar-refractivity contribution in [3.63, 3.8) is 0 Å². The van der Waals surface area contributed by atoms with E-state index < -0.39 is 0 Å². The minimum Gasteiger partial charge on any atom is -0.450 e. The van der Waals surface area contributed by atoms with E-state index in [2.05, 4.69) is 0 Å². The van der Waals surface area contributed by atoms with Gasteiger partial charge in [0, 0.05) is 24.9 Å². The van der Waals surface area contributed by atoms with E-state index in [1.807, 2.05) is 11.8 Å². The van der Waals surface area contributed by atoms with Crippen LogP contribution < -0.4 is 0 Å². The first-order valence-corrected chi connectivity index (χ1v) is 6.14. The van der Waals surface area contributed by atoms with Crippen molar-refractivity contribution >= 4 is 11.9 Å². The van der Waals surface area contributed by atoms with E-state index in [9.17, 15) is 9.59 Å². The number of rotatable bonds is 1. The molecule has 2 fully saturated rings. The van der Waals surface area contributed by atoms with Crippen molar-refractivity contribution in [2.45, 2.75) is 51.0 Å². The first kappa shape index (κ1) is 11.4. The first-order valence-electron chi connectivity index (χ1n) is 6.14. The summed E-state index contributed by atoms with van der Waals surface area (Å²) >= 11 is 0. The van der Waals surface area contributed by atoms with E-state index in [1.54, 1.807) is 0 Å². The van der Waals surface area contributed by atoms with Gasteiger partial charge in [0.15, 0.2) is 0 Å². The summed E-state index contributed by atoms with van der Waals surface area (Å²) in [6, 6.07) is 0. The van der Waals surface area contributed by atoms with Gasteiger partial charge in [-0.2, -0.15) is 0 Å². The van der Waals surface area contributed by atoms with Crippen molar-refractivity contribution in [3.8, 4) is 0 Å². The molecule has 0 N–H and O–H groups in total. The van der Waals surface area contributed by atoms with Gasteiger partial charge in [0.2, 0.25) is 0 Å². The van der Waals surface area contributed by atoms with Crippen molar-refractivity contribution < 1.29 is 14.3 Å². The second-order valence-electron chi connectivity index (χ2n) is 4.72. The minimum atomic E-state index is -0.200. The predicted molar refractivity (Wildman–Crippen MR) is 59.2 cm³/mol. The van der Waals surface area contributed by atoms with Gasteiger partial charge < -0.3 is 9.64 Å². The number of hydrogen-bond acceptors (Lipinski definition) is 3. The Morgan fingerprint density at radius 1 is 1.38 bits per heavy atom. The summed E-state index contributed by atoms with van der Waals surface area (Å²) in [5, 5.41) is 0. The van der Waals surface area contributed by atoms with Crippen LogP contribution in [0.4, 0.5) is 4.79 Å². The lowest BCUT2D eigenvalue weighted by Gasteiger charge is -2.40. The van der Waals surface area contributed by atoms with Crippen LogP contribution >= 0.6 is 0 Å². The molecular formula is C12H19NO3. The Morgan fingerprint density at radius 3 is 2.69 bits per heavy atom. The summed E-state index contributed by atoms with van der Waals surface area (Å²) in [5.41, 5.74) is -0.0693. The van der Waals surface area contributed by atoms with Crippen LogP contribution in [0.3, 0.4) is 0 Å². The second-order valence-corrected chi connectivity index (χ2v) is 4.72. The Balaban J connectivity index is 2.07. The van der Waals surface area contributed by atoms with Gasteiger partial charge in [-0.1, -0.05) is 0 Å². The molecular weight excluding hydrogens is 206 g/mol. The largest absolute Gasteiger partial charge is 0.450 e. The van der Waals surface area contributed by atoms with Crippen LogP contribution in [0, 0.1) is 0 Å². The van der Waals surface area contributed by atoms with Crippen LogP contribution in [0.25, 0.3) is 0 Å². The molecule has 0 radical (unpaired) electrons. The van der Waals surface area contributed by atoms with Gasteiger partial charge >= 0.3 is 6.09 Å². The molecule has 1 aliphatic heterocycles. The zero-order chi connectivity index (χ0) is 11.6. The monoisotopic (exact) mass is 225 g/mol. The van der Waals surface area contributed by atoms with E-state index in [0.717, 1.165) is 32.2 Å². The summed E-state index contributed by atoms with van der Waals surface area (Å²) in [7, 11) is 0. The van der Waals surface area contributed by atoms with Crippen molar-refractivity contribution in [3.05, 3.63) is 0 Å². The van der Waals surface area contributed by atoms with E-state index in [0.29, 0.717) is 25.2 Å². The molecule has 4 nitrogen and oxygen atoms in total. The van der Waals surface area contributed by atoms with E-state index in [-0.39, 0.29) is 11.6 Å². The number of amides is 1. The van der Waals surface area contributed by atoms with Gasteiger partial charge in [0.25, 0.3) is 0 Å². The summed E-state index contributed by atoms with van der Waals surface area (Å²) in [6.45, 7) is 3.03. The lowest BCUT2D eigenvalue weighted by Crippen LogP contribution is -2.49.